The lowest BCUT2D eigenvalue weighted by atomic mass is 10.0. The molecule has 0 spiro atoms. The Morgan fingerprint density at radius 1 is 1.18 bits per heavy atom. The van der Waals surface area contributed by atoms with Gasteiger partial charge in [-0.2, -0.15) is 10.4 Å². The van der Waals surface area contributed by atoms with Gasteiger partial charge in [0.05, 0.1) is 31.2 Å². The molecule has 1 amide bonds. The van der Waals surface area contributed by atoms with Gasteiger partial charge in [0.15, 0.2) is 11.5 Å². The highest BCUT2D eigenvalue weighted by Gasteiger charge is 2.19. The molecule has 13 heteroatoms. The number of carbonyl (C=O) groups is 2. The molecule has 0 saturated carbocycles. The summed E-state index contributed by atoms with van der Waals surface area (Å²) in [6.07, 6.45) is 7.88. The summed E-state index contributed by atoms with van der Waals surface area (Å²) in [6, 6.07) is 17.6. The van der Waals surface area contributed by atoms with Crippen molar-refractivity contribution in [2.45, 2.75) is 19.9 Å². The van der Waals surface area contributed by atoms with Crippen LogP contribution in [0.4, 0.5) is 11.5 Å². The SMILES string of the molecule is CCc1cc(Nc2nccn3c(-c4cn(CC#N)nc4-c4ccccc4)cnc23)ccc1C(=O)NCCOCCN.O=CO. The first-order valence-electron chi connectivity index (χ1n) is 13.9. The number of hydrogen-bond donors (Lipinski definition) is 4. The van der Waals surface area contributed by atoms with E-state index in [0.29, 0.717) is 49.8 Å². The summed E-state index contributed by atoms with van der Waals surface area (Å²) < 4.78 is 8.92. The predicted molar refractivity (Wildman–Crippen MR) is 165 cm³/mol. The van der Waals surface area contributed by atoms with Crippen LogP contribution in [0.15, 0.2) is 73.3 Å². The van der Waals surface area contributed by atoms with E-state index in [0.717, 1.165) is 33.8 Å². The number of amides is 1. The maximum Gasteiger partial charge on any atom is 0.290 e. The first-order valence-corrected chi connectivity index (χ1v) is 13.9. The minimum atomic E-state index is -0.250. The molecule has 0 fully saturated rings. The fraction of sp³-hybridized carbons (Fsp3) is 0.226. The Balaban J connectivity index is 0.00000141. The molecule has 2 aromatic carbocycles. The van der Waals surface area contributed by atoms with Crippen molar-refractivity contribution in [3.63, 3.8) is 0 Å². The minimum Gasteiger partial charge on any atom is -0.483 e. The molecule has 0 aliphatic rings. The van der Waals surface area contributed by atoms with Gasteiger partial charge in [-0.05, 0) is 30.2 Å². The number of imidazole rings is 1. The van der Waals surface area contributed by atoms with E-state index in [4.69, 9.17) is 20.4 Å². The molecule has 226 valence electrons. The molecule has 0 atom stereocenters. The number of nitrogens with two attached hydrogens (primary N) is 1. The average molecular weight is 596 g/mol. The number of aryl methyl sites for hydroxylation is 1. The zero-order valence-electron chi connectivity index (χ0n) is 24.2. The number of fused-ring (bicyclic) bond motifs is 1. The maximum atomic E-state index is 12.7. The number of nitriles is 1. The summed E-state index contributed by atoms with van der Waals surface area (Å²) in [4.78, 5) is 30.3. The number of aromatic nitrogens is 5. The van der Waals surface area contributed by atoms with Gasteiger partial charge in [-0.3, -0.25) is 18.7 Å². The van der Waals surface area contributed by atoms with Gasteiger partial charge in [-0.1, -0.05) is 37.3 Å². The topological polar surface area (TPSA) is 185 Å². The second-order valence-corrected chi connectivity index (χ2v) is 9.34. The number of ether oxygens (including phenoxy) is 1. The van der Waals surface area contributed by atoms with Gasteiger partial charge in [-0.15, -0.1) is 0 Å². The van der Waals surface area contributed by atoms with Gasteiger partial charge in [0.2, 0.25) is 0 Å². The molecule has 44 heavy (non-hydrogen) atoms. The fourth-order valence-corrected chi connectivity index (χ4v) is 4.62. The third-order valence-corrected chi connectivity index (χ3v) is 6.53. The zero-order valence-corrected chi connectivity index (χ0v) is 24.2. The monoisotopic (exact) mass is 595 g/mol. The Morgan fingerprint density at radius 3 is 2.70 bits per heavy atom. The molecular formula is C31H33N9O4. The first kappa shape index (κ1) is 31.4. The van der Waals surface area contributed by atoms with Crippen LogP contribution < -0.4 is 16.4 Å². The lowest BCUT2D eigenvalue weighted by Gasteiger charge is -2.13. The van der Waals surface area contributed by atoms with E-state index in [1.165, 1.54) is 0 Å². The molecule has 0 radical (unpaired) electrons. The van der Waals surface area contributed by atoms with Gasteiger partial charge < -0.3 is 26.2 Å². The number of carbonyl (C=O) groups excluding carboxylic acids is 1. The van der Waals surface area contributed by atoms with Crippen molar-refractivity contribution in [1.82, 2.24) is 29.5 Å². The van der Waals surface area contributed by atoms with Crippen LogP contribution in [0.2, 0.25) is 0 Å². The quantitative estimate of drug-likeness (QED) is 0.123. The second-order valence-electron chi connectivity index (χ2n) is 9.34. The number of nitrogens with zero attached hydrogens (tertiary/aromatic N) is 6. The smallest absolute Gasteiger partial charge is 0.290 e. The number of carboxylic acid groups (broad SMARTS) is 1. The number of anilines is 2. The van der Waals surface area contributed by atoms with Crippen molar-refractivity contribution in [1.29, 1.82) is 5.26 Å². The van der Waals surface area contributed by atoms with Gasteiger partial charge in [0, 0.05) is 54.1 Å². The predicted octanol–water partition coefficient (Wildman–Crippen LogP) is 3.50. The summed E-state index contributed by atoms with van der Waals surface area (Å²) in [5.41, 5.74) is 11.8. The highest BCUT2D eigenvalue weighted by Crippen LogP contribution is 2.33. The van der Waals surface area contributed by atoms with Crippen LogP contribution in [0, 0.1) is 11.3 Å². The lowest BCUT2D eigenvalue weighted by Crippen LogP contribution is -2.28. The Bertz CT molecular complexity index is 1740. The molecule has 0 unspecified atom stereocenters. The lowest BCUT2D eigenvalue weighted by molar-refractivity contribution is -0.122. The van der Waals surface area contributed by atoms with Crippen molar-refractivity contribution >= 4 is 29.5 Å². The third-order valence-electron chi connectivity index (χ3n) is 6.53. The summed E-state index contributed by atoms with van der Waals surface area (Å²) in [5.74, 6) is 0.426. The highest BCUT2D eigenvalue weighted by atomic mass is 16.5. The van der Waals surface area contributed by atoms with E-state index in [1.54, 1.807) is 17.1 Å². The Morgan fingerprint density at radius 2 is 1.98 bits per heavy atom. The second kappa shape index (κ2) is 15.6. The van der Waals surface area contributed by atoms with E-state index < -0.39 is 0 Å². The molecule has 0 aliphatic carbocycles. The van der Waals surface area contributed by atoms with Gasteiger partial charge >= 0.3 is 0 Å². The number of nitrogens with one attached hydrogen (secondary N) is 2. The van der Waals surface area contributed by atoms with Crippen LogP contribution in [0.3, 0.4) is 0 Å². The molecule has 0 aliphatic heterocycles. The van der Waals surface area contributed by atoms with Crippen LogP contribution >= 0.6 is 0 Å². The third kappa shape index (κ3) is 7.43. The zero-order chi connectivity index (χ0) is 31.3. The van der Waals surface area contributed by atoms with Crippen LogP contribution in [0.5, 0.6) is 0 Å². The largest absolute Gasteiger partial charge is 0.483 e. The van der Waals surface area contributed by atoms with Gasteiger partial charge in [0.25, 0.3) is 12.4 Å². The van der Waals surface area contributed by atoms with E-state index in [9.17, 15) is 10.1 Å². The Hall–Kier alpha value is -5.58. The Labute approximate surface area is 253 Å². The summed E-state index contributed by atoms with van der Waals surface area (Å²) in [6.45, 7) is 3.65. The van der Waals surface area contributed by atoms with Gasteiger partial charge in [0.1, 0.15) is 12.2 Å². The maximum absolute atomic E-state index is 12.7. The van der Waals surface area contributed by atoms with E-state index in [-0.39, 0.29) is 18.9 Å². The minimum absolute atomic E-state index is 0.140. The van der Waals surface area contributed by atoms with Crippen LogP contribution in [0.1, 0.15) is 22.8 Å². The van der Waals surface area contributed by atoms with Gasteiger partial charge in [-0.25, -0.2) is 9.97 Å². The standard InChI is InChI=1S/C30H31N9O2.CH2O2/c1-2-21-18-23(8-9-24(21)30(40)34-13-17-41-16-11-32)36-28-29-35-19-26(39(29)15-12-33-28)25-20-38(14-10-31)37-27(25)22-6-4-3-5-7-22;2-1-3/h3-9,12,15,18-20H,2,11,13-14,16-17,32H2,1H3,(H,33,36)(H,34,40);1H,(H,2,3). The van der Waals surface area contributed by atoms with Crippen molar-refractivity contribution in [2.75, 3.05) is 31.6 Å². The molecule has 3 heterocycles. The van der Waals surface area contributed by atoms with Crippen molar-refractivity contribution < 1.29 is 19.4 Å². The van der Waals surface area contributed by atoms with E-state index >= 15 is 0 Å². The van der Waals surface area contributed by atoms with E-state index in [2.05, 4.69) is 31.8 Å². The summed E-state index contributed by atoms with van der Waals surface area (Å²) >= 11 is 0. The molecule has 5 N–H and O–H groups in total. The van der Waals surface area contributed by atoms with Crippen molar-refractivity contribution in [3.05, 3.63) is 84.4 Å². The Kier molecular flexibility index (Phi) is 11.1. The van der Waals surface area contributed by atoms with Crippen LogP contribution in [-0.4, -0.2) is 67.9 Å². The normalized spacial score (nSPS) is 10.5. The van der Waals surface area contributed by atoms with E-state index in [1.807, 2.05) is 72.2 Å². The van der Waals surface area contributed by atoms with Crippen LogP contribution in [0.25, 0.3) is 28.2 Å². The molecule has 5 rings (SSSR count). The number of benzene rings is 2. The summed E-state index contributed by atoms with van der Waals surface area (Å²) in [7, 11) is 0. The summed E-state index contributed by atoms with van der Waals surface area (Å²) in [5, 5.41) is 27.1. The number of rotatable bonds is 12. The average Bonchev–Trinajstić information content (AvgIpc) is 3.67. The molecule has 13 nitrogen and oxygen atoms in total. The van der Waals surface area contributed by atoms with Crippen molar-refractivity contribution in [3.8, 4) is 28.6 Å². The molecular weight excluding hydrogens is 562 g/mol. The fourth-order valence-electron chi connectivity index (χ4n) is 4.62. The molecule has 3 aromatic heterocycles. The molecule has 5 aromatic rings. The highest BCUT2D eigenvalue weighted by molar-refractivity contribution is 5.96. The van der Waals surface area contributed by atoms with Crippen molar-refractivity contribution in [2.24, 2.45) is 5.73 Å². The molecule has 0 saturated heterocycles. The number of hydrogen-bond acceptors (Lipinski definition) is 9. The molecule has 0 bridgehead atoms. The first-order chi connectivity index (χ1) is 21.5. The van der Waals surface area contributed by atoms with Crippen LogP contribution in [-0.2, 0) is 22.5 Å².